The Labute approximate surface area is 202 Å². The number of aromatic nitrogens is 1. The zero-order chi connectivity index (χ0) is 22.9. The van der Waals surface area contributed by atoms with Crippen LogP contribution in [-0.4, -0.2) is 27.6 Å². The van der Waals surface area contributed by atoms with Gasteiger partial charge in [-0.2, -0.15) is 0 Å². The first-order valence-electron chi connectivity index (χ1n) is 10.1. The molecule has 6 nitrogen and oxygen atoms in total. The Bertz CT molecular complexity index is 1360. The van der Waals surface area contributed by atoms with Gasteiger partial charge < -0.3 is 0 Å². The standard InChI is InChI=1S/C25H16BrN3O3S/c26-17-11-9-15(10-12-17)21-14-33-25(27-21)28-22(30)18-6-2-1-5-16(18)13-29-23(31)19-7-3-4-8-20(19)24(29)32/h1-12,14H,13H2,(H,27,28,30). The summed E-state index contributed by atoms with van der Waals surface area (Å²) in [7, 11) is 0. The van der Waals surface area contributed by atoms with Crippen LogP contribution in [0.25, 0.3) is 11.3 Å². The van der Waals surface area contributed by atoms with E-state index < -0.39 is 0 Å². The van der Waals surface area contributed by atoms with E-state index in [4.69, 9.17) is 0 Å². The lowest BCUT2D eigenvalue weighted by atomic mass is 10.1. The summed E-state index contributed by atoms with van der Waals surface area (Å²) in [5, 5.41) is 5.18. The van der Waals surface area contributed by atoms with Crippen molar-refractivity contribution in [1.82, 2.24) is 9.88 Å². The van der Waals surface area contributed by atoms with Crippen LogP contribution in [0, 0.1) is 0 Å². The van der Waals surface area contributed by atoms with Crippen LogP contribution in [0.15, 0.2) is 82.6 Å². The van der Waals surface area contributed by atoms with Crippen molar-refractivity contribution < 1.29 is 14.4 Å². The molecule has 0 fully saturated rings. The lowest BCUT2D eigenvalue weighted by Gasteiger charge is -2.16. The molecule has 0 atom stereocenters. The summed E-state index contributed by atoms with van der Waals surface area (Å²) in [5.41, 5.74) is 3.44. The maximum atomic E-state index is 13.0. The van der Waals surface area contributed by atoms with Gasteiger partial charge in [0.05, 0.1) is 23.4 Å². The van der Waals surface area contributed by atoms with Gasteiger partial charge in [-0.25, -0.2) is 4.98 Å². The van der Waals surface area contributed by atoms with E-state index in [0.717, 1.165) is 15.7 Å². The minimum Gasteiger partial charge on any atom is -0.298 e. The molecule has 0 bridgehead atoms. The average Bonchev–Trinajstić information content (AvgIpc) is 3.39. The molecule has 33 heavy (non-hydrogen) atoms. The number of anilines is 1. The predicted molar refractivity (Wildman–Crippen MR) is 130 cm³/mol. The largest absolute Gasteiger partial charge is 0.298 e. The maximum absolute atomic E-state index is 13.0. The van der Waals surface area contributed by atoms with Crippen molar-refractivity contribution in [3.63, 3.8) is 0 Å². The molecule has 4 aromatic rings. The van der Waals surface area contributed by atoms with Crippen molar-refractivity contribution in [1.29, 1.82) is 0 Å². The van der Waals surface area contributed by atoms with E-state index in [2.05, 4.69) is 26.2 Å². The van der Waals surface area contributed by atoms with Crippen molar-refractivity contribution in [2.75, 3.05) is 5.32 Å². The van der Waals surface area contributed by atoms with E-state index >= 15 is 0 Å². The van der Waals surface area contributed by atoms with Crippen LogP contribution in [-0.2, 0) is 6.54 Å². The number of rotatable bonds is 5. The molecule has 0 spiro atoms. The number of carbonyl (C=O) groups excluding carboxylic acids is 3. The normalized spacial score (nSPS) is 12.7. The van der Waals surface area contributed by atoms with E-state index in [-0.39, 0.29) is 24.3 Å². The number of imide groups is 1. The molecule has 5 rings (SSSR count). The van der Waals surface area contributed by atoms with Gasteiger partial charge in [-0.1, -0.05) is 58.4 Å². The third-order valence-electron chi connectivity index (χ3n) is 5.33. The quantitative estimate of drug-likeness (QED) is 0.348. The lowest BCUT2D eigenvalue weighted by molar-refractivity contribution is 0.0640. The SMILES string of the molecule is O=C(Nc1nc(-c2ccc(Br)cc2)cs1)c1ccccc1CN1C(=O)c2ccccc2C1=O. The Morgan fingerprint density at radius 3 is 2.24 bits per heavy atom. The average molecular weight is 518 g/mol. The van der Waals surface area contributed by atoms with Crippen molar-refractivity contribution in [3.8, 4) is 11.3 Å². The molecule has 1 aliphatic heterocycles. The van der Waals surface area contributed by atoms with Crippen LogP contribution >= 0.6 is 27.3 Å². The van der Waals surface area contributed by atoms with Crippen LogP contribution < -0.4 is 5.32 Å². The summed E-state index contributed by atoms with van der Waals surface area (Å²) >= 11 is 4.74. The third-order valence-corrected chi connectivity index (χ3v) is 6.62. The van der Waals surface area contributed by atoms with Crippen LogP contribution in [0.5, 0.6) is 0 Å². The molecular weight excluding hydrogens is 502 g/mol. The number of amides is 3. The fourth-order valence-corrected chi connectivity index (χ4v) is 4.66. The molecule has 1 N–H and O–H groups in total. The number of hydrogen-bond acceptors (Lipinski definition) is 5. The molecule has 162 valence electrons. The second kappa shape index (κ2) is 8.73. The van der Waals surface area contributed by atoms with Crippen LogP contribution in [0.1, 0.15) is 36.6 Å². The molecule has 0 saturated carbocycles. The van der Waals surface area contributed by atoms with E-state index in [1.807, 2.05) is 29.6 Å². The molecular formula is C25H16BrN3O3S. The molecule has 0 radical (unpaired) electrons. The highest BCUT2D eigenvalue weighted by molar-refractivity contribution is 9.10. The minimum absolute atomic E-state index is 0.0119. The lowest BCUT2D eigenvalue weighted by Crippen LogP contribution is -2.30. The molecule has 2 heterocycles. The number of carbonyl (C=O) groups is 3. The second-order valence-corrected chi connectivity index (χ2v) is 9.17. The van der Waals surface area contributed by atoms with Gasteiger partial charge >= 0.3 is 0 Å². The maximum Gasteiger partial charge on any atom is 0.261 e. The molecule has 1 aromatic heterocycles. The molecule has 3 amide bonds. The van der Waals surface area contributed by atoms with E-state index in [1.54, 1.807) is 48.5 Å². The zero-order valence-electron chi connectivity index (χ0n) is 17.1. The minimum atomic E-state index is -0.357. The number of nitrogens with one attached hydrogen (secondary N) is 1. The molecule has 1 aliphatic rings. The predicted octanol–water partition coefficient (Wildman–Crippen LogP) is 5.62. The monoisotopic (exact) mass is 517 g/mol. The van der Waals surface area contributed by atoms with Crippen LogP contribution in [0.3, 0.4) is 0 Å². The number of thiazole rings is 1. The first-order chi connectivity index (χ1) is 16.0. The van der Waals surface area contributed by atoms with Gasteiger partial charge in [0.15, 0.2) is 5.13 Å². The molecule has 3 aromatic carbocycles. The molecule has 0 unspecified atom stereocenters. The second-order valence-electron chi connectivity index (χ2n) is 7.40. The van der Waals surface area contributed by atoms with Crippen LogP contribution in [0.2, 0.25) is 0 Å². The van der Waals surface area contributed by atoms with Crippen LogP contribution in [0.4, 0.5) is 5.13 Å². The van der Waals surface area contributed by atoms with Gasteiger partial charge in [0.1, 0.15) is 0 Å². The van der Waals surface area contributed by atoms with Gasteiger partial charge in [-0.3, -0.25) is 24.6 Å². The summed E-state index contributed by atoms with van der Waals surface area (Å²) in [4.78, 5) is 44.2. The zero-order valence-corrected chi connectivity index (χ0v) is 19.5. The number of hydrogen-bond donors (Lipinski definition) is 1. The fraction of sp³-hybridized carbons (Fsp3) is 0.0400. The first-order valence-corrected chi connectivity index (χ1v) is 11.7. The van der Waals surface area contributed by atoms with Crippen molar-refractivity contribution in [2.45, 2.75) is 6.54 Å². The highest BCUT2D eigenvalue weighted by Crippen LogP contribution is 2.28. The fourth-order valence-electron chi connectivity index (χ4n) is 3.68. The summed E-state index contributed by atoms with van der Waals surface area (Å²) in [6.45, 7) is 0.0119. The molecule has 8 heteroatoms. The number of halogens is 1. The van der Waals surface area contributed by atoms with E-state index in [9.17, 15) is 14.4 Å². The highest BCUT2D eigenvalue weighted by Gasteiger charge is 2.35. The van der Waals surface area contributed by atoms with Crippen molar-refractivity contribution in [2.24, 2.45) is 0 Å². The Hall–Kier alpha value is -3.62. The van der Waals surface area contributed by atoms with Crippen molar-refractivity contribution >= 4 is 50.1 Å². The Balaban J connectivity index is 1.35. The van der Waals surface area contributed by atoms with Gasteiger partial charge in [-0.05, 0) is 35.9 Å². The molecule has 0 saturated heterocycles. The number of fused-ring (bicyclic) bond motifs is 1. The summed E-state index contributed by atoms with van der Waals surface area (Å²) in [6, 6.07) is 21.4. The Morgan fingerprint density at radius 1 is 0.909 bits per heavy atom. The van der Waals surface area contributed by atoms with Gasteiger partial charge in [0.2, 0.25) is 0 Å². The number of benzene rings is 3. The topological polar surface area (TPSA) is 79.4 Å². The van der Waals surface area contributed by atoms with Gasteiger partial charge in [0, 0.05) is 21.0 Å². The first kappa shape index (κ1) is 21.2. The summed E-state index contributed by atoms with van der Waals surface area (Å²) in [6.07, 6.45) is 0. The van der Waals surface area contributed by atoms with Gasteiger partial charge in [-0.15, -0.1) is 11.3 Å². The van der Waals surface area contributed by atoms with E-state index in [1.165, 1.54) is 16.2 Å². The van der Waals surface area contributed by atoms with Crippen molar-refractivity contribution in [3.05, 3.63) is 105 Å². The summed E-state index contributed by atoms with van der Waals surface area (Å²) in [5.74, 6) is -1.06. The summed E-state index contributed by atoms with van der Waals surface area (Å²) < 4.78 is 0.977. The third kappa shape index (κ3) is 4.10. The highest BCUT2D eigenvalue weighted by atomic mass is 79.9. The Morgan fingerprint density at radius 2 is 1.55 bits per heavy atom. The number of nitrogens with zero attached hydrogens (tertiary/aromatic N) is 2. The Kier molecular flexibility index (Phi) is 5.62. The van der Waals surface area contributed by atoms with E-state index in [0.29, 0.717) is 27.4 Å². The van der Waals surface area contributed by atoms with Gasteiger partial charge in [0.25, 0.3) is 17.7 Å². The smallest absolute Gasteiger partial charge is 0.261 e. The molecule has 0 aliphatic carbocycles.